The molecular formula is C15H20FNO3. The van der Waals surface area contributed by atoms with Crippen molar-refractivity contribution < 1.29 is 18.7 Å². The minimum atomic E-state index is -0.256. The van der Waals surface area contributed by atoms with Crippen LogP contribution in [0.3, 0.4) is 0 Å². The average molecular weight is 281 g/mol. The Hall–Kier alpha value is -1.46. The normalized spacial score (nSPS) is 19.1. The number of hydrogen-bond acceptors (Lipinski definition) is 3. The maximum absolute atomic E-state index is 12.8. The van der Waals surface area contributed by atoms with Gasteiger partial charge in [0, 0.05) is 20.1 Å². The van der Waals surface area contributed by atoms with Gasteiger partial charge >= 0.3 is 0 Å². The van der Waals surface area contributed by atoms with Gasteiger partial charge in [-0.15, -0.1) is 0 Å². The van der Waals surface area contributed by atoms with Crippen LogP contribution in [-0.2, 0) is 20.7 Å². The summed E-state index contributed by atoms with van der Waals surface area (Å²) in [5, 5.41) is 0. The van der Waals surface area contributed by atoms with Crippen LogP contribution in [0.1, 0.15) is 12.0 Å². The second-order valence-electron chi connectivity index (χ2n) is 4.90. The van der Waals surface area contributed by atoms with E-state index in [-0.39, 0.29) is 17.8 Å². The molecule has 1 aromatic carbocycles. The van der Waals surface area contributed by atoms with Crippen LogP contribution in [0.5, 0.6) is 0 Å². The Kier molecular flexibility index (Phi) is 5.49. The van der Waals surface area contributed by atoms with Crippen molar-refractivity contribution in [2.24, 2.45) is 0 Å². The Morgan fingerprint density at radius 1 is 1.45 bits per heavy atom. The smallest absolute Gasteiger partial charge is 0.223 e. The number of carbonyl (C=O) groups is 1. The van der Waals surface area contributed by atoms with Crippen molar-refractivity contribution >= 4 is 5.91 Å². The van der Waals surface area contributed by atoms with E-state index in [1.165, 1.54) is 12.1 Å². The average Bonchev–Trinajstić information content (AvgIpc) is 2.47. The van der Waals surface area contributed by atoms with Gasteiger partial charge < -0.3 is 14.4 Å². The van der Waals surface area contributed by atoms with Crippen LogP contribution in [0.15, 0.2) is 24.3 Å². The molecule has 1 heterocycles. The maximum atomic E-state index is 12.8. The summed E-state index contributed by atoms with van der Waals surface area (Å²) in [6.07, 6.45) is 1.04. The molecule has 0 radical (unpaired) electrons. The van der Waals surface area contributed by atoms with Crippen molar-refractivity contribution in [2.45, 2.75) is 18.9 Å². The van der Waals surface area contributed by atoms with Crippen molar-refractivity contribution in [3.05, 3.63) is 35.6 Å². The highest BCUT2D eigenvalue weighted by Gasteiger charge is 2.26. The predicted molar refractivity (Wildman–Crippen MR) is 72.9 cm³/mol. The molecule has 0 N–H and O–H groups in total. The molecule has 1 fully saturated rings. The Morgan fingerprint density at radius 3 is 2.90 bits per heavy atom. The minimum Gasteiger partial charge on any atom is -0.382 e. The highest BCUT2D eigenvalue weighted by Crippen LogP contribution is 2.12. The van der Waals surface area contributed by atoms with Gasteiger partial charge in [0.05, 0.1) is 25.9 Å². The fraction of sp³-hybridized carbons (Fsp3) is 0.533. The highest BCUT2D eigenvalue weighted by atomic mass is 19.1. The Bertz CT molecular complexity index is 433. The van der Waals surface area contributed by atoms with Gasteiger partial charge in [0.15, 0.2) is 0 Å². The predicted octanol–water partition coefficient (Wildman–Crippen LogP) is 1.63. The van der Waals surface area contributed by atoms with Gasteiger partial charge in [-0.05, 0) is 24.1 Å². The van der Waals surface area contributed by atoms with E-state index in [2.05, 4.69) is 0 Å². The molecule has 0 aliphatic carbocycles. The van der Waals surface area contributed by atoms with E-state index in [9.17, 15) is 9.18 Å². The van der Waals surface area contributed by atoms with Gasteiger partial charge in [-0.2, -0.15) is 0 Å². The SMILES string of the molecule is COCC1COCCN1C(=O)CCc1ccc(F)cc1. The molecule has 0 bridgehead atoms. The molecule has 1 aliphatic rings. The largest absolute Gasteiger partial charge is 0.382 e. The zero-order valence-corrected chi connectivity index (χ0v) is 11.7. The van der Waals surface area contributed by atoms with Crippen LogP contribution < -0.4 is 0 Å². The van der Waals surface area contributed by atoms with Crippen molar-refractivity contribution in [2.75, 3.05) is 33.5 Å². The number of morpholine rings is 1. The number of nitrogens with zero attached hydrogens (tertiary/aromatic N) is 1. The summed E-state index contributed by atoms with van der Waals surface area (Å²) in [5.41, 5.74) is 0.969. The van der Waals surface area contributed by atoms with Crippen LogP contribution in [0.4, 0.5) is 4.39 Å². The lowest BCUT2D eigenvalue weighted by atomic mass is 10.1. The molecule has 4 nitrogen and oxygen atoms in total. The number of methoxy groups -OCH3 is 1. The molecule has 1 saturated heterocycles. The maximum Gasteiger partial charge on any atom is 0.223 e. The number of halogens is 1. The van der Waals surface area contributed by atoms with Gasteiger partial charge in [0.2, 0.25) is 5.91 Å². The topological polar surface area (TPSA) is 38.8 Å². The van der Waals surface area contributed by atoms with Gasteiger partial charge in [-0.1, -0.05) is 12.1 Å². The van der Waals surface area contributed by atoms with E-state index in [4.69, 9.17) is 9.47 Å². The Morgan fingerprint density at radius 2 is 2.20 bits per heavy atom. The fourth-order valence-electron chi connectivity index (χ4n) is 2.36. The zero-order valence-electron chi connectivity index (χ0n) is 11.7. The molecule has 1 aromatic rings. The zero-order chi connectivity index (χ0) is 14.4. The number of aryl methyl sites for hydroxylation is 1. The first kappa shape index (κ1) is 14.9. The molecule has 110 valence electrons. The van der Waals surface area contributed by atoms with Crippen molar-refractivity contribution in [1.82, 2.24) is 4.90 Å². The summed E-state index contributed by atoms with van der Waals surface area (Å²) < 4.78 is 23.3. The van der Waals surface area contributed by atoms with Crippen molar-refractivity contribution in [3.63, 3.8) is 0 Å². The summed E-state index contributed by atoms with van der Waals surface area (Å²) in [6, 6.07) is 6.27. The monoisotopic (exact) mass is 281 g/mol. The van der Waals surface area contributed by atoms with Gasteiger partial charge in [-0.3, -0.25) is 4.79 Å². The van der Waals surface area contributed by atoms with Crippen LogP contribution in [0, 0.1) is 5.82 Å². The standard InChI is InChI=1S/C15H20FNO3/c1-19-10-14-11-20-9-8-17(14)15(18)7-4-12-2-5-13(16)6-3-12/h2-3,5-6,14H,4,7-11H2,1H3. The number of hydrogen-bond donors (Lipinski definition) is 0. The first-order chi connectivity index (χ1) is 9.70. The van der Waals surface area contributed by atoms with Crippen LogP contribution in [0.2, 0.25) is 0 Å². The molecule has 5 heteroatoms. The summed E-state index contributed by atoms with van der Waals surface area (Å²) in [7, 11) is 1.62. The van der Waals surface area contributed by atoms with Crippen LogP contribution >= 0.6 is 0 Å². The second-order valence-corrected chi connectivity index (χ2v) is 4.90. The molecule has 1 aliphatic heterocycles. The highest BCUT2D eigenvalue weighted by molar-refractivity contribution is 5.77. The minimum absolute atomic E-state index is 0.00512. The van der Waals surface area contributed by atoms with Gasteiger partial charge in [0.1, 0.15) is 5.82 Å². The molecule has 1 unspecified atom stereocenters. The lowest BCUT2D eigenvalue weighted by Crippen LogP contribution is -2.50. The van der Waals surface area contributed by atoms with E-state index >= 15 is 0 Å². The second kappa shape index (κ2) is 7.36. The number of benzene rings is 1. The third-order valence-corrected chi connectivity index (χ3v) is 3.45. The fourth-order valence-corrected chi connectivity index (χ4v) is 2.36. The third kappa shape index (κ3) is 4.02. The first-order valence-corrected chi connectivity index (χ1v) is 6.81. The molecule has 2 rings (SSSR count). The van der Waals surface area contributed by atoms with Crippen molar-refractivity contribution in [1.29, 1.82) is 0 Å². The number of carbonyl (C=O) groups excluding carboxylic acids is 1. The number of ether oxygens (including phenoxy) is 2. The van der Waals surface area contributed by atoms with E-state index < -0.39 is 0 Å². The van der Waals surface area contributed by atoms with E-state index in [0.717, 1.165) is 5.56 Å². The van der Waals surface area contributed by atoms with Crippen LogP contribution in [-0.4, -0.2) is 50.3 Å². The summed E-state index contributed by atoms with van der Waals surface area (Å²) >= 11 is 0. The molecule has 0 spiro atoms. The third-order valence-electron chi connectivity index (χ3n) is 3.45. The van der Waals surface area contributed by atoms with Gasteiger partial charge in [-0.25, -0.2) is 4.39 Å². The number of rotatable bonds is 5. The quantitative estimate of drug-likeness (QED) is 0.823. The van der Waals surface area contributed by atoms with Gasteiger partial charge in [0.25, 0.3) is 0 Å². The summed E-state index contributed by atoms with van der Waals surface area (Å²) in [5.74, 6) is -0.159. The lowest BCUT2D eigenvalue weighted by molar-refractivity contribution is -0.142. The van der Waals surface area contributed by atoms with E-state index in [1.807, 2.05) is 4.90 Å². The molecule has 1 amide bonds. The van der Waals surface area contributed by atoms with E-state index in [0.29, 0.717) is 39.2 Å². The Labute approximate surface area is 118 Å². The Balaban J connectivity index is 1.88. The van der Waals surface area contributed by atoms with Crippen molar-refractivity contribution in [3.8, 4) is 0 Å². The molecular weight excluding hydrogens is 261 g/mol. The summed E-state index contributed by atoms with van der Waals surface area (Å²) in [6.45, 7) is 2.19. The molecule has 20 heavy (non-hydrogen) atoms. The molecule has 0 saturated carbocycles. The molecule has 1 atom stereocenters. The lowest BCUT2D eigenvalue weighted by Gasteiger charge is -2.35. The molecule has 0 aromatic heterocycles. The summed E-state index contributed by atoms with van der Waals surface area (Å²) in [4.78, 5) is 14.1. The van der Waals surface area contributed by atoms with E-state index in [1.54, 1.807) is 19.2 Å². The first-order valence-electron chi connectivity index (χ1n) is 6.81. The van der Waals surface area contributed by atoms with Crippen LogP contribution in [0.25, 0.3) is 0 Å². The number of amides is 1.